The van der Waals surface area contributed by atoms with Crippen molar-refractivity contribution in [3.05, 3.63) is 35.2 Å². The average Bonchev–Trinajstić information content (AvgIpc) is 2.65. The summed E-state index contributed by atoms with van der Waals surface area (Å²) in [4.78, 5) is 0. The Bertz CT molecular complexity index is 474. The molecule has 78 valence electrons. The van der Waals surface area contributed by atoms with E-state index in [0.717, 1.165) is 11.3 Å². The maximum Gasteiger partial charge on any atom is 0.170 e. The number of nitrogens with zero attached hydrogens (tertiary/aromatic N) is 4. The number of benzene rings is 1. The molecule has 2 rings (SSSR count). The Morgan fingerprint density at radius 2 is 2.13 bits per heavy atom. The molecule has 1 heterocycles. The van der Waals surface area contributed by atoms with Crippen LogP contribution in [0.3, 0.4) is 0 Å². The van der Waals surface area contributed by atoms with Crippen LogP contribution in [0.4, 0.5) is 0 Å². The molecule has 0 aliphatic rings. The van der Waals surface area contributed by atoms with Gasteiger partial charge in [-0.15, -0.1) is 5.10 Å². The third-order valence-corrected chi connectivity index (χ3v) is 2.30. The van der Waals surface area contributed by atoms with Crippen molar-refractivity contribution in [3.63, 3.8) is 0 Å². The number of aromatic nitrogens is 4. The second kappa shape index (κ2) is 3.78. The smallest absolute Gasteiger partial charge is 0.170 e. The zero-order valence-corrected chi connectivity index (χ0v) is 8.81. The molecule has 0 saturated heterocycles. The zero-order valence-electron chi connectivity index (χ0n) is 8.81. The van der Waals surface area contributed by atoms with E-state index in [1.807, 2.05) is 19.1 Å². The van der Waals surface area contributed by atoms with Gasteiger partial charge in [0.25, 0.3) is 0 Å². The minimum Gasteiger partial charge on any atom is -0.324 e. The van der Waals surface area contributed by atoms with Crippen molar-refractivity contribution in [3.8, 4) is 5.69 Å². The van der Waals surface area contributed by atoms with Gasteiger partial charge in [0.1, 0.15) is 0 Å². The second-order valence-electron chi connectivity index (χ2n) is 3.50. The molecule has 0 unspecified atom stereocenters. The van der Waals surface area contributed by atoms with Gasteiger partial charge in [0.15, 0.2) is 5.82 Å². The molecule has 0 radical (unpaired) electrons. The molecule has 2 N–H and O–H groups in total. The maximum absolute atomic E-state index is 5.55. The largest absolute Gasteiger partial charge is 0.324 e. The molecular weight excluding hydrogens is 190 g/mol. The summed E-state index contributed by atoms with van der Waals surface area (Å²) in [6.45, 7) is 4.42. The lowest BCUT2D eigenvalue weighted by Gasteiger charge is -2.07. The first kappa shape index (κ1) is 9.79. The van der Waals surface area contributed by atoms with Crippen LogP contribution in [0, 0.1) is 13.8 Å². The highest BCUT2D eigenvalue weighted by Gasteiger charge is 2.08. The Hall–Kier alpha value is -1.75. The minimum absolute atomic E-state index is 0.334. The number of nitrogens with two attached hydrogens (primary N) is 1. The highest BCUT2D eigenvalue weighted by molar-refractivity contribution is 5.42. The summed E-state index contributed by atoms with van der Waals surface area (Å²) in [6.07, 6.45) is 0. The number of rotatable bonds is 2. The van der Waals surface area contributed by atoms with Crippen LogP contribution in [0.15, 0.2) is 18.2 Å². The predicted molar refractivity (Wildman–Crippen MR) is 56.5 cm³/mol. The Morgan fingerprint density at radius 1 is 1.33 bits per heavy atom. The third-order valence-electron chi connectivity index (χ3n) is 2.30. The van der Waals surface area contributed by atoms with E-state index in [1.165, 1.54) is 5.56 Å². The van der Waals surface area contributed by atoms with Gasteiger partial charge in [-0.05, 0) is 35.9 Å². The summed E-state index contributed by atoms with van der Waals surface area (Å²) in [6, 6.07) is 6.13. The van der Waals surface area contributed by atoms with Crippen LogP contribution in [0.1, 0.15) is 17.0 Å². The van der Waals surface area contributed by atoms with E-state index in [4.69, 9.17) is 5.73 Å². The maximum atomic E-state index is 5.55. The highest BCUT2D eigenvalue weighted by atomic mass is 15.5. The first-order chi connectivity index (χ1) is 7.22. The van der Waals surface area contributed by atoms with Crippen LogP contribution < -0.4 is 5.73 Å². The lowest BCUT2D eigenvalue weighted by molar-refractivity contribution is 0.757. The van der Waals surface area contributed by atoms with E-state index >= 15 is 0 Å². The van der Waals surface area contributed by atoms with Crippen molar-refractivity contribution in [1.29, 1.82) is 0 Å². The first-order valence-corrected chi connectivity index (χ1v) is 4.77. The summed E-state index contributed by atoms with van der Waals surface area (Å²) >= 11 is 0. The predicted octanol–water partition coefficient (Wildman–Crippen LogP) is 0.738. The Morgan fingerprint density at radius 3 is 2.80 bits per heavy atom. The van der Waals surface area contributed by atoms with E-state index < -0.39 is 0 Å². The van der Waals surface area contributed by atoms with Crippen LogP contribution in [-0.4, -0.2) is 20.2 Å². The van der Waals surface area contributed by atoms with Crippen molar-refractivity contribution in [2.75, 3.05) is 0 Å². The van der Waals surface area contributed by atoms with E-state index in [2.05, 4.69) is 28.5 Å². The fourth-order valence-corrected chi connectivity index (χ4v) is 1.56. The molecule has 0 aliphatic carbocycles. The number of hydrogen-bond acceptors (Lipinski definition) is 4. The molecule has 0 saturated carbocycles. The molecule has 2 aromatic rings. The van der Waals surface area contributed by atoms with Crippen molar-refractivity contribution in [2.24, 2.45) is 5.73 Å². The van der Waals surface area contributed by atoms with E-state index in [-0.39, 0.29) is 0 Å². The van der Waals surface area contributed by atoms with Crippen molar-refractivity contribution in [2.45, 2.75) is 20.4 Å². The van der Waals surface area contributed by atoms with Gasteiger partial charge in [-0.2, -0.15) is 4.68 Å². The molecule has 1 aromatic carbocycles. The topological polar surface area (TPSA) is 69.6 Å². The van der Waals surface area contributed by atoms with Crippen molar-refractivity contribution in [1.82, 2.24) is 20.2 Å². The van der Waals surface area contributed by atoms with Gasteiger partial charge in [0.05, 0.1) is 12.2 Å². The van der Waals surface area contributed by atoms with Crippen LogP contribution in [0.25, 0.3) is 5.69 Å². The van der Waals surface area contributed by atoms with Gasteiger partial charge in [-0.3, -0.25) is 0 Å². The molecule has 0 spiro atoms. The Balaban J connectivity index is 2.54. The van der Waals surface area contributed by atoms with Gasteiger partial charge in [-0.25, -0.2) is 0 Å². The number of aryl methyl sites for hydroxylation is 2. The molecule has 0 atom stereocenters. The average molecular weight is 203 g/mol. The van der Waals surface area contributed by atoms with E-state index in [9.17, 15) is 0 Å². The molecular formula is C10H13N5. The second-order valence-corrected chi connectivity index (χ2v) is 3.50. The fourth-order valence-electron chi connectivity index (χ4n) is 1.56. The normalized spacial score (nSPS) is 10.6. The monoisotopic (exact) mass is 203 g/mol. The summed E-state index contributed by atoms with van der Waals surface area (Å²) in [5, 5.41) is 11.4. The van der Waals surface area contributed by atoms with Gasteiger partial charge >= 0.3 is 0 Å². The SMILES string of the molecule is Cc1ccc(-n2nnnc2CN)c(C)c1. The van der Waals surface area contributed by atoms with Gasteiger partial charge < -0.3 is 5.73 Å². The van der Waals surface area contributed by atoms with Crippen LogP contribution in [0.2, 0.25) is 0 Å². The number of tetrazole rings is 1. The molecule has 5 heteroatoms. The Kier molecular flexibility index (Phi) is 2.47. The van der Waals surface area contributed by atoms with Crippen molar-refractivity contribution >= 4 is 0 Å². The van der Waals surface area contributed by atoms with E-state index in [0.29, 0.717) is 12.4 Å². The molecule has 0 amide bonds. The summed E-state index contributed by atoms with van der Waals surface area (Å²) < 4.78 is 1.68. The fraction of sp³-hybridized carbons (Fsp3) is 0.300. The molecule has 15 heavy (non-hydrogen) atoms. The lowest BCUT2D eigenvalue weighted by atomic mass is 10.1. The van der Waals surface area contributed by atoms with E-state index in [1.54, 1.807) is 4.68 Å². The third kappa shape index (κ3) is 1.73. The Labute approximate surface area is 87.9 Å². The van der Waals surface area contributed by atoms with Gasteiger partial charge in [-0.1, -0.05) is 17.7 Å². The quantitative estimate of drug-likeness (QED) is 0.781. The summed E-state index contributed by atoms with van der Waals surface area (Å²) in [5.74, 6) is 0.668. The van der Waals surface area contributed by atoms with Crippen LogP contribution in [-0.2, 0) is 6.54 Å². The minimum atomic E-state index is 0.334. The zero-order chi connectivity index (χ0) is 10.8. The highest BCUT2D eigenvalue weighted by Crippen LogP contribution is 2.15. The molecule has 1 aromatic heterocycles. The lowest BCUT2D eigenvalue weighted by Crippen LogP contribution is -2.09. The standard InChI is InChI=1S/C10H13N5/c1-7-3-4-9(8(2)5-7)15-10(6-11)12-13-14-15/h3-5H,6,11H2,1-2H3. The molecule has 5 nitrogen and oxygen atoms in total. The van der Waals surface area contributed by atoms with Gasteiger partial charge in [0.2, 0.25) is 0 Å². The van der Waals surface area contributed by atoms with Crippen molar-refractivity contribution < 1.29 is 0 Å². The van der Waals surface area contributed by atoms with Crippen LogP contribution in [0.5, 0.6) is 0 Å². The summed E-state index contributed by atoms with van der Waals surface area (Å²) in [5.41, 5.74) is 8.88. The van der Waals surface area contributed by atoms with Gasteiger partial charge in [0, 0.05) is 0 Å². The molecule has 0 bridgehead atoms. The molecule has 0 fully saturated rings. The van der Waals surface area contributed by atoms with Crippen LogP contribution >= 0.6 is 0 Å². The summed E-state index contributed by atoms with van der Waals surface area (Å²) in [7, 11) is 0. The molecule has 0 aliphatic heterocycles. The number of hydrogen-bond donors (Lipinski definition) is 1. The first-order valence-electron chi connectivity index (χ1n) is 4.77.